The quantitative estimate of drug-likeness (QED) is 0.640. The lowest BCUT2D eigenvalue weighted by Gasteiger charge is -2.25. The maximum absolute atomic E-state index is 12.0. The highest BCUT2D eigenvalue weighted by molar-refractivity contribution is 5.93. The Morgan fingerprint density at radius 2 is 1.95 bits per heavy atom. The summed E-state index contributed by atoms with van der Waals surface area (Å²) in [5.41, 5.74) is 0.770. The second-order valence-corrected chi connectivity index (χ2v) is 4.86. The van der Waals surface area contributed by atoms with Gasteiger partial charge in [0.25, 0.3) is 5.91 Å². The van der Waals surface area contributed by atoms with E-state index >= 15 is 0 Å². The Morgan fingerprint density at radius 3 is 2.55 bits per heavy atom. The molecule has 0 radical (unpaired) electrons. The molecule has 2 aromatic rings. The van der Waals surface area contributed by atoms with E-state index in [2.05, 4.69) is 15.5 Å². The predicted molar refractivity (Wildman–Crippen MR) is 74.1 cm³/mol. The molecule has 0 saturated heterocycles. The van der Waals surface area contributed by atoms with Gasteiger partial charge in [0.1, 0.15) is 5.69 Å². The molecule has 4 N–H and O–H groups in total. The minimum absolute atomic E-state index is 0.275. The van der Waals surface area contributed by atoms with E-state index in [1.807, 2.05) is 30.3 Å². The first-order chi connectivity index (χ1) is 9.58. The topological polar surface area (TPSA) is 98.2 Å². The van der Waals surface area contributed by atoms with Crippen molar-refractivity contribution in [3.63, 3.8) is 0 Å². The molecular formula is C14H17N3O3. The fourth-order valence-electron chi connectivity index (χ4n) is 1.67. The Bertz CT molecular complexity index is 576. The summed E-state index contributed by atoms with van der Waals surface area (Å²) < 4.78 is 0. The standard InChI is InChI=1S/C14H17N3O3/c1-14(8-18,9-19)15-13(20)12-7-11(16-17-12)10-5-3-2-4-6-10/h2-7,18-19H,8-9H2,1H3,(H,15,20)(H,16,17). The van der Waals surface area contributed by atoms with Crippen molar-refractivity contribution in [3.05, 3.63) is 42.1 Å². The maximum atomic E-state index is 12.0. The third-order valence-corrected chi connectivity index (χ3v) is 3.01. The molecule has 1 heterocycles. The van der Waals surface area contributed by atoms with Crippen molar-refractivity contribution < 1.29 is 15.0 Å². The zero-order chi connectivity index (χ0) is 14.6. The lowest BCUT2D eigenvalue weighted by Crippen LogP contribution is -2.51. The highest BCUT2D eigenvalue weighted by Crippen LogP contribution is 2.17. The van der Waals surface area contributed by atoms with Crippen molar-refractivity contribution in [2.24, 2.45) is 0 Å². The molecule has 2 rings (SSSR count). The van der Waals surface area contributed by atoms with Gasteiger partial charge in [0.05, 0.1) is 24.4 Å². The minimum atomic E-state index is -1.06. The molecule has 20 heavy (non-hydrogen) atoms. The average Bonchev–Trinajstić information content (AvgIpc) is 2.98. The molecule has 6 nitrogen and oxygen atoms in total. The van der Waals surface area contributed by atoms with Crippen molar-refractivity contribution in [1.29, 1.82) is 0 Å². The van der Waals surface area contributed by atoms with Gasteiger partial charge in [-0.05, 0) is 13.0 Å². The molecule has 0 aliphatic heterocycles. The van der Waals surface area contributed by atoms with E-state index in [4.69, 9.17) is 10.2 Å². The highest BCUT2D eigenvalue weighted by atomic mass is 16.3. The number of amides is 1. The Labute approximate surface area is 116 Å². The molecule has 0 spiro atoms. The van der Waals surface area contributed by atoms with Crippen LogP contribution in [0.15, 0.2) is 36.4 Å². The fourth-order valence-corrected chi connectivity index (χ4v) is 1.67. The van der Waals surface area contributed by atoms with Gasteiger partial charge in [-0.15, -0.1) is 0 Å². The van der Waals surface area contributed by atoms with E-state index in [9.17, 15) is 4.79 Å². The molecule has 106 valence electrons. The van der Waals surface area contributed by atoms with Gasteiger partial charge in [0.2, 0.25) is 0 Å². The number of rotatable bonds is 5. The number of aliphatic hydroxyl groups excluding tert-OH is 2. The summed E-state index contributed by atoms with van der Waals surface area (Å²) in [6.45, 7) is 0.850. The summed E-state index contributed by atoms with van der Waals surface area (Å²) in [5, 5.41) is 27.6. The molecule has 0 unspecified atom stereocenters. The number of hydrogen-bond donors (Lipinski definition) is 4. The Balaban J connectivity index is 2.15. The van der Waals surface area contributed by atoms with Crippen molar-refractivity contribution in [2.75, 3.05) is 13.2 Å². The minimum Gasteiger partial charge on any atom is -0.394 e. The lowest BCUT2D eigenvalue weighted by molar-refractivity contribution is 0.0719. The molecule has 0 bridgehead atoms. The maximum Gasteiger partial charge on any atom is 0.269 e. The second-order valence-electron chi connectivity index (χ2n) is 4.86. The first-order valence-electron chi connectivity index (χ1n) is 6.23. The normalized spacial score (nSPS) is 11.3. The van der Waals surface area contributed by atoms with E-state index in [1.165, 1.54) is 0 Å². The van der Waals surface area contributed by atoms with E-state index < -0.39 is 11.4 Å². The van der Waals surface area contributed by atoms with Crippen LogP contribution in [0.2, 0.25) is 0 Å². The molecule has 0 fully saturated rings. The summed E-state index contributed by atoms with van der Waals surface area (Å²) >= 11 is 0. The number of aromatic amines is 1. The zero-order valence-corrected chi connectivity index (χ0v) is 11.1. The molecule has 1 aromatic heterocycles. The number of nitrogens with one attached hydrogen (secondary N) is 2. The SMILES string of the molecule is CC(CO)(CO)NC(=O)c1cc(-c2ccccc2)n[nH]1. The van der Waals surface area contributed by atoms with Gasteiger partial charge in [-0.25, -0.2) is 0 Å². The largest absolute Gasteiger partial charge is 0.394 e. The van der Waals surface area contributed by atoms with Crippen LogP contribution in [0.25, 0.3) is 11.3 Å². The van der Waals surface area contributed by atoms with Gasteiger partial charge in [0, 0.05) is 5.56 Å². The number of aliphatic hydroxyl groups is 2. The van der Waals surface area contributed by atoms with Crippen molar-refractivity contribution in [2.45, 2.75) is 12.5 Å². The number of aromatic nitrogens is 2. The number of benzene rings is 1. The van der Waals surface area contributed by atoms with Crippen LogP contribution in [-0.4, -0.2) is 45.1 Å². The molecule has 1 aromatic carbocycles. The van der Waals surface area contributed by atoms with E-state index in [1.54, 1.807) is 13.0 Å². The van der Waals surface area contributed by atoms with Gasteiger partial charge in [-0.3, -0.25) is 9.89 Å². The highest BCUT2D eigenvalue weighted by Gasteiger charge is 2.26. The third-order valence-electron chi connectivity index (χ3n) is 3.01. The number of carbonyl (C=O) groups is 1. The number of carbonyl (C=O) groups excluding carboxylic acids is 1. The van der Waals surface area contributed by atoms with Crippen molar-refractivity contribution in [3.8, 4) is 11.3 Å². The number of H-pyrrole nitrogens is 1. The second kappa shape index (κ2) is 5.85. The van der Waals surface area contributed by atoms with Crippen LogP contribution in [0.4, 0.5) is 0 Å². The van der Waals surface area contributed by atoms with Gasteiger partial charge < -0.3 is 15.5 Å². The van der Waals surface area contributed by atoms with Gasteiger partial charge in [-0.1, -0.05) is 30.3 Å². The van der Waals surface area contributed by atoms with E-state index in [-0.39, 0.29) is 18.9 Å². The zero-order valence-electron chi connectivity index (χ0n) is 11.1. The first-order valence-corrected chi connectivity index (χ1v) is 6.23. The van der Waals surface area contributed by atoms with Crippen molar-refractivity contribution in [1.82, 2.24) is 15.5 Å². The van der Waals surface area contributed by atoms with Gasteiger partial charge >= 0.3 is 0 Å². The first kappa shape index (κ1) is 14.2. The van der Waals surface area contributed by atoms with Gasteiger partial charge in [-0.2, -0.15) is 5.10 Å². The van der Waals surface area contributed by atoms with Crippen LogP contribution in [-0.2, 0) is 0 Å². The van der Waals surface area contributed by atoms with E-state index in [0.717, 1.165) is 5.56 Å². The van der Waals surface area contributed by atoms with Crippen LogP contribution in [0.5, 0.6) is 0 Å². The predicted octanol–water partition coefficient (Wildman–Crippen LogP) is 0.550. The van der Waals surface area contributed by atoms with Gasteiger partial charge in [0.15, 0.2) is 0 Å². The summed E-state index contributed by atoms with van der Waals surface area (Å²) in [7, 11) is 0. The Kier molecular flexibility index (Phi) is 4.16. The van der Waals surface area contributed by atoms with E-state index in [0.29, 0.717) is 5.69 Å². The van der Waals surface area contributed by atoms with Crippen LogP contribution < -0.4 is 5.32 Å². The molecule has 6 heteroatoms. The third kappa shape index (κ3) is 3.04. The summed E-state index contributed by atoms with van der Waals surface area (Å²) in [4.78, 5) is 12.0. The van der Waals surface area contributed by atoms with Crippen LogP contribution in [0.3, 0.4) is 0 Å². The monoisotopic (exact) mass is 275 g/mol. The molecule has 0 saturated carbocycles. The summed E-state index contributed by atoms with van der Waals surface area (Å²) in [5.74, 6) is -0.426. The molecule has 0 aliphatic carbocycles. The lowest BCUT2D eigenvalue weighted by atomic mass is 10.1. The molecule has 1 amide bonds. The van der Waals surface area contributed by atoms with Crippen LogP contribution in [0.1, 0.15) is 17.4 Å². The smallest absolute Gasteiger partial charge is 0.269 e. The fraction of sp³-hybridized carbons (Fsp3) is 0.286. The number of hydrogen-bond acceptors (Lipinski definition) is 4. The summed E-state index contributed by atoms with van der Waals surface area (Å²) in [6.07, 6.45) is 0. The van der Waals surface area contributed by atoms with Crippen LogP contribution >= 0.6 is 0 Å². The Morgan fingerprint density at radius 1 is 1.30 bits per heavy atom. The molecule has 0 aliphatic rings. The molecular weight excluding hydrogens is 258 g/mol. The van der Waals surface area contributed by atoms with Crippen LogP contribution in [0, 0.1) is 0 Å². The average molecular weight is 275 g/mol. The molecule has 0 atom stereocenters. The van der Waals surface area contributed by atoms with Crippen molar-refractivity contribution >= 4 is 5.91 Å². The number of nitrogens with zero attached hydrogens (tertiary/aromatic N) is 1. The summed E-state index contributed by atoms with van der Waals surface area (Å²) in [6, 6.07) is 11.1. The Hall–Kier alpha value is -2.18.